The largest absolute Gasteiger partial charge is 0.379 e. The highest BCUT2D eigenvalue weighted by Gasteiger charge is 2.13. The van der Waals surface area contributed by atoms with E-state index in [-0.39, 0.29) is 5.69 Å². The molecule has 0 saturated carbocycles. The minimum Gasteiger partial charge on any atom is -0.379 e. The van der Waals surface area contributed by atoms with E-state index in [1.54, 1.807) is 0 Å². The lowest BCUT2D eigenvalue weighted by Gasteiger charge is -2.05. The fourth-order valence-corrected chi connectivity index (χ4v) is 1.13. The van der Waals surface area contributed by atoms with Crippen LogP contribution in [-0.2, 0) is 0 Å². The van der Waals surface area contributed by atoms with Crippen molar-refractivity contribution >= 4 is 11.4 Å². The number of nitrogens with two attached hydrogens (primary N) is 1. The summed E-state index contributed by atoms with van der Waals surface area (Å²) in [6.07, 6.45) is 0.703. The Balaban J connectivity index is 2.81. The summed E-state index contributed by atoms with van der Waals surface area (Å²) in [5, 5.41) is 13.4. The maximum absolute atomic E-state index is 12.7. The van der Waals surface area contributed by atoms with Gasteiger partial charge in [0.25, 0.3) is 5.69 Å². The van der Waals surface area contributed by atoms with E-state index >= 15 is 0 Å². The summed E-state index contributed by atoms with van der Waals surface area (Å²) < 4.78 is 12.7. The van der Waals surface area contributed by atoms with Gasteiger partial charge in [0.1, 0.15) is 11.5 Å². The Morgan fingerprint density at radius 2 is 2.27 bits per heavy atom. The zero-order chi connectivity index (χ0) is 11.3. The first kappa shape index (κ1) is 11.4. The second kappa shape index (κ2) is 5.26. The molecular weight excluding hydrogens is 201 g/mol. The highest BCUT2D eigenvalue weighted by Crippen LogP contribution is 2.24. The van der Waals surface area contributed by atoms with Crippen LogP contribution in [0.4, 0.5) is 15.8 Å². The molecular formula is C9H12FN3O2. The molecule has 0 bridgehead atoms. The van der Waals surface area contributed by atoms with Gasteiger partial charge in [-0.1, -0.05) is 0 Å². The SMILES string of the molecule is NCCCNc1ccc(F)cc1[N+](=O)[O-]. The molecule has 0 aromatic heterocycles. The predicted octanol–water partition coefficient (Wildman–Crippen LogP) is 1.49. The number of hydrogen-bond donors (Lipinski definition) is 2. The number of benzene rings is 1. The van der Waals surface area contributed by atoms with E-state index in [2.05, 4.69) is 5.32 Å². The zero-order valence-electron chi connectivity index (χ0n) is 8.07. The van der Waals surface area contributed by atoms with E-state index in [0.717, 1.165) is 6.07 Å². The molecule has 0 fully saturated rings. The van der Waals surface area contributed by atoms with Gasteiger partial charge in [-0.15, -0.1) is 0 Å². The summed E-state index contributed by atoms with van der Waals surface area (Å²) in [4.78, 5) is 9.96. The fourth-order valence-electron chi connectivity index (χ4n) is 1.13. The maximum atomic E-state index is 12.7. The van der Waals surface area contributed by atoms with Crippen molar-refractivity contribution in [3.05, 3.63) is 34.1 Å². The van der Waals surface area contributed by atoms with Crippen LogP contribution < -0.4 is 11.1 Å². The molecule has 0 radical (unpaired) electrons. The van der Waals surface area contributed by atoms with E-state index < -0.39 is 10.7 Å². The summed E-state index contributed by atoms with van der Waals surface area (Å²) in [6, 6.07) is 3.42. The second-order valence-corrected chi connectivity index (χ2v) is 2.99. The van der Waals surface area contributed by atoms with Crippen LogP contribution in [0, 0.1) is 15.9 Å². The molecule has 82 valence electrons. The molecule has 6 heteroatoms. The molecule has 0 amide bonds. The van der Waals surface area contributed by atoms with E-state index in [0.29, 0.717) is 25.2 Å². The number of nitrogens with zero attached hydrogens (tertiary/aromatic N) is 1. The van der Waals surface area contributed by atoms with Gasteiger partial charge in [-0.2, -0.15) is 0 Å². The Kier molecular flexibility index (Phi) is 3.99. The lowest BCUT2D eigenvalue weighted by atomic mass is 10.2. The number of nitrogens with one attached hydrogen (secondary N) is 1. The lowest BCUT2D eigenvalue weighted by molar-refractivity contribution is -0.384. The smallest absolute Gasteiger partial charge is 0.295 e. The number of hydrogen-bond acceptors (Lipinski definition) is 4. The molecule has 0 aliphatic heterocycles. The first-order chi connectivity index (χ1) is 7.15. The van der Waals surface area contributed by atoms with Crippen molar-refractivity contribution in [2.75, 3.05) is 18.4 Å². The molecule has 0 unspecified atom stereocenters. The van der Waals surface area contributed by atoms with Crippen molar-refractivity contribution in [2.45, 2.75) is 6.42 Å². The van der Waals surface area contributed by atoms with E-state index in [1.165, 1.54) is 12.1 Å². The van der Waals surface area contributed by atoms with Gasteiger partial charge in [0, 0.05) is 6.54 Å². The molecule has 0 aliphatic rings. The molecule has 1 aromatic carbocycles. The molecule has 3 N–H and O–H groups in total. The Bertz CT molecular complexity index is 357. The van der Waals surface area contributed by atoms with E-state index in [1.807, 2.05) is 0 Å². The zero-order valence-corrected chi connectivity index (χ0v) is 8.07. The molecule has 0 heterocycles. The minimum absolute atomic E-state index is 0.257. The third kappa shape index (κ3) is 3.17. The van der Waals surface area contributed by atoms with E-state index in [4.69, 9.17) is 5.73 Å². The van der Waals surface area contributed by atoms with Crippen molar-refractivity contribution in [3.63, 3.8) is 0 Å². The summed E-state index contributed by atoms with van der Waals surface area (Å²) >= 11 is 0. The summed E-state index contributed by atoms with van der Waals surface area (Å²) in [5.74, 6) is -0.619. The van der Waals surface area contributed by atoms with Crippen LogP contribution in [0.2, 0.25) is 0 Å². The molecule has 1 aromatic rings. The van der Waals surface area contributed by atoms with Gasteiger partial charge >= 0.3 is 0 Å². The van der Waals surface area contributed by atoms with Crippen LogP contribution in [0.15, 0.2) is 18.2 Å². The van der Waals surface area contributed by atoms with Crippen molar-refractivity contribution in [1.29, 1.82) is 0 Å². The van der Waals surface area contributed by atoms with Crippen molar-refractivity contribution in [1.82, 2.24) is 0 Å². The van der Waals surface area contributed by atoms with Crippen LogP contribution in [0.3, 0.4) is 0 Å². The van der Waals surface area contributed by atoms with Gasteiger partial charge in [-0.25, -0.2) is 4.39 Å². The average Bonchev–Trinajstić information content (AvgIpc) is 2.20. The Labute approximate surface area is 86.2 Å². The van der Waals surface area contributed by atoms with Gasteiger partial charge < -0.3 is 11.1 Å². The number of nitro benzene ring substituents is 1. The number of rotatable bonds is 5. The molecule has 0 saturated heterocycles. The minimum atomic E-state index is -0.619. The van der Waals surface area contributed by atoms with Gasteiger partial charge in [0.2, 0.25) is 0 Å². The average molecular weight is 213 g/mol. The maximum Gasteiger partial charge on any atom is 0.295 e. The summed E-state index contributed by atoms with van der Waals surface area (Å²) in [5.41, 5.74) is 5.34. The van der Waals surface area contributed by atoms with Crippen LogP contribution in [0.1, 0.15) is 6.42 Å². The van der Waals surface area contributed by atoms with Crippen molar-refractivity contribution in [3.8, 4) is 0 Å². The summed E-state index contributed by atoms with van der Waals surface area (Å²) in [7, 11) is 0. The third-order valence-electron chi connectivity index (χ3n) is 1.85. The quantitative estimate of drug-likeness (QED) is 0.441. The Morgan fingerprint density at radius 1 is 1.53 bits per heavy atom. The predicted molar refractivity (Wildman–Crippen MR) is 55.2 cm³/mol. The normalized spacial score (nSPS) is 10.0. The molecule has 0 atom stereocenters. The van der Waals surface area contributed by atoms with Crippen LogP contribution in [0.5, 0.6) is 0 Å². The highest BCUT2D eigenvalue weighted by molar-refractivity contribution is 5.61. The monoisotopic (exact) mass is 213 g/mol. The first-order valence-electron chi connectivity index (χ1n) is 4.53. The third-order valence-corrected chi connectivity index (χ3v) is 1.85. The standard InChI is InChI=1S/C9H12FN3O2/c10-7-2-3-8(12-5-1-4-11)9(6-7)13(14)15/h2-3,6,12H,1,4-5,11H2. The van der Waals surface area contributed by atoms with Crippen LogP contribution in [-0.4, -0.2) is 18.0 Å². The number of halogens is 1. The van der Waals surface area contributed by atoms with Gasteiger partial charge in [0.05, 0.1) is 11.0 Å². The molecule has 0 aliphatic carbocycles. The molecule has 5 nitrogen and oxygen atoms in total. The summed E-state index contributed by atoms with van der Waals surface area (Å²) in [6.45, 7) is 1.03. The van der Waals surface area contributed by atoms with E-state index in [9.17, 15) is 14.5 Å². The van der Waals surface area contributed by atoms with Gasteiger partial charge in [-0.05, 0) is 25.1 Å². The number of anilines is 1. The Morgan fingerprint density at radius 3 is 2.87 bits per heavy atom. The van der Waals surface area contributed by atoms with Gasteiger partial charge in [-0.3, -0.25) is 10.1 Å². The fraction of sp³-hybridized carbons (Fsp3) is 0.333. The molecule has 1 rings (SSSR count). The first-order valence-corrected chi connectivity index (χ1v) is 4.53. The van der Waals surface area contributed by atoms with Crippen LogP contribution in [0.25, 0.3) is 0 Å². The Hall–Kier alpha value is -1.69. The second-order valence-electron chi connectivity index (χ2n) is 2.99. The highest BCUT2D eigenvalue weighted by atomic mass is 19.1. The lowest BCUT2D eigenvalue weighted by Crippen LogP contribution is -2.09. The topological polar surface area (TPSA) is 81.2 Å². The molecule has 0 spiro atoms. The van der Waals surface area contributed by atoms with Crippen molar-refractivity contribution < 1.29 is 9.31 Å². The van der Waals surface area contributed by atoms with Crippen LogP contribution >= 0.6 is 0 Å². The van der Waals surface area contributed by atoms with Crippen molar-refractivity contribution in [2.24, 2.45) is 5.73 Å². The molecule has 15 heavy (non-hydrogen) atoms. The van der Waals surface area contributed by atoms with Gasteiger partial charge in [0.15, 0.2) is 0 Å². The number of nitro groups is 1.